The van der Waals surface area contributed by atoms with Gasteiger partial charge in [-0.15, -0.1) is 0 Å². The van der Waals surface area contributed by atoms with Crippen molar-refractivity contribution >= 4 is 0 Å². The molecule has 2 fully saturated rings. The lowest BCUT2D eigenvalue weighted by atomic mass is 9.85. The van der Waals surface area contributed by atoms with E-state index in [1.54, 1.807) is 0 Å². The van der Waals surface area contributed by atoms with Crippen LogP contribution in [0.4, 0.5) is 0 Å². The maximum Gasteiger partial charge on any atom is 0.185 e. The molecule has 2 aliphatic rings. The van der Waals surface area contributed by atoms with Crippen LogP contribution in [-0.2, 0) is 9.47 Å². The van der Waals surface area contributed by atoms with Crippen molar-refractivity contribution < 1.29 is 9.47 Å². The largest absolute Gasteiger partial charge is 0.346 e. The first-order chi connectivity index (χ1) is 5.24. The summed E-state index contributed by atoms with van der Waals surface area (Å²) in [4.78, 5) is 0. The molecule has 2 aliphatic heterocycles. The number of hydrogen-bond donors (Lipinski definition) is 0. The summed E-state index contributed by atoms with van der Waals surface area (Å²) in [5.74, 6) is 1.34. The molecule has 2 heterocycles. The molecule has 11 heavy (non-hydrogen) atoms. The minimum atomic E-state index is 0.145. The minimum absolute atomic E-state index is 0.145. The Balaban J connectivity index is 2.03. The minimum Gasteiger partial charge on any atom is -0.346 e. The SMILES string of the molecule is CCC1OC2OC2C(C)C1C. The van der Waals surface area contributed by atoms with Crippen molar-refractivity contribution in [1.29, 1.82) is 0 Å². The van der Waals surface area contributed by atoms with E-state index in [9.17, 15) is 0 Å². The first kappa shape index (κ1) is 7.56. The highest BCUT2D eigenvalue weighted by atomic mass is 16.8. The van der Waals surface area contributed by atoms with Crippen LogP contribution in [0.5, 0.6) is 0 Å². The van der Waals surface area contributed by atoms with Crippen molar-refractivity contribution in [2.45, 2.75) is 45.7 Å². The Labute approximate surface area is 67.9 Å². The Morgan fingerprint density at radius 2 is 1.82 bits per heavy atom. The Morgan fingerprint density at radius 1 is 1.09 bits per heavy atom. The van der Waals surface area contributed by atoms with E-state index in [4.69, 9.17) is 9.47 Å². The first-order valence-electron chi connectivity index (χ1n) is 4.55. The van der Waals surface area contributed by atoms with Crippen LogP contribution in [-0.4, -0.2) is 18.5 Å². The highest BCUT2D eigenvalue weighted by molar-refractivity contribution is 4.92. The molecule has 0 N–H and O–H groups in total. The Bertz CT molecular complexity index is 158. The number of hydrogen-bond acceptors (Lipinski definition) is 2. The molecular weight excluding hydrogens is 140 g/mol. The smallest absolute Gasteiger partial charge is 0.185 e. The monoisotopic (exact) mass is 156 g/mol. The normalized spacial score (nSPS) is 55.4. The van der Waals surface area contributed by atoms with Crippen LogP contribution in [0.25, 0.3) is 0 Å². The predicted molar refractivity (Wildman–Crippen MR) is 42.2 cm³/mol. The number of fused-ring (bicyclic) bond motifs is 1. The average molecular weight is 156 g/mol. The van der Waals surface area contributed by atoms with E-state index in [0.29, 0.717) is 24.0 Å². The van der Waals surface area contributed by atoms with E-state index in [2.05, 4.69) is 20.8 Å². The van der Waals surface area contributed by atoms with E-state index in [1.165, 1.54) is 0 Å². The molecule has 5 unspecified atom stereocenters. The van der Waals surface area contributed by atoms with E-state index in [1.807, 2.05) is 0 Å². The van der Waals surface area contributed by atoms with Gasteiger partial charge in [0.15, 0.2) is 6.29 Å². The van der Waals surface area contributed by atoms with Gasteiger partial charge in [0.2, 0.25) is 0 Å². The number of epoxide rings is 1. The van der Waals surface area contributed by atoms with Gasteiger partial charge in [0.05, 0.1) is 6.10 Å². The summed E-state index contributed by atoms with van der Waals surface area (Å²) in [6, 6.07) is 0. The maximum absolute atomic E-state index is 5.67. The van der Waals surface area contributed by atoms with Crippen LogP contribution in [0.15, 0.2) is 0 Å². The zero-order valence-corrected chi connectivity index (χ0v) is 7.41. The Kier molecular flexibility index (Phi) is 1.69. The predicted octanol–water partition coefficient (Wildman–Crippen LogP) is 1.79. The fraction of sp³-hybridized carbons (Fsp3) is 1.00. The van der Waals surface area contributed by atoms with Gasteiger partial charge in [-0.3, -0.25) is 0 Å². The van der Waals surface area contributed by atoms with Gasteiger partial charge in [-0.2, -0.15) is 0 Å². The first-order valence-corrected chi connectivity index (χ1v) is 4.55. The molecule has 0 aromatic heterocycles. The lowest BCUT2D eigenvalue weighted by molar-refractivity contribution is -0.0607. The Hall–Kier alpha value is -0.0800. The molecule has 0 amide bonds. The van der Waals surface area contributed by atoms with E-state index in [0.717, 1.165) is 6.42 Å². The van der Waals surface area contributed by atoms with Gasteiger partial charge in [-0.25, -0.2) is 0 Å². The standard InChI is InChI=1S/C9H16O2/c1-4-7-5(2)6(3)8-9(10-7)11-8/h5-9H,4H2,1-3H3. The van der Waals surface area contributed by atoms with E-state index in [-0.39, 0.29) is 6.29 Å². The van der Waals surface area contributed by atoms with Gasteiger partial charge in [0, 0.05) is 0 Å². The van der Waals surface area contributed by atoms with Crippen molar-refractivity contribution in [1.82, 2.24) is 0 Å². The van der Waals surface area contributed by atoms with Crippen LogP contribution < -0.4 is 0 Å². The second-order valence-electron chi connectivity index (χ2n) is 3.77. The zero-order valence-electron chi connectivity index (χ0n) is 7.41. The van der Waals surface area contributed by atoms with Crippen LogP contribution in [0.2, 0.25) is 0 Å². The van der Waals surface area contributed by atoms with Crippen molar-refractivity contribution in [2.24, 2.45) is 11.8 Å². The van der Waals surface area contributed by atoms with Gasteiger partial charge < -0.3 is 9.47 Å². The van der Waals surface area contributed by atoms with Crippen LogP contribution in [0.3, 0.4) is 0 Å². The number of rotatable bonds is 1. The molecule has 0 aromatic carbocycles. The van der Waals surface area contributed by atoms with Gasteiger partial charge in [-0.1, -0.05) is 20.8 Å². The highest BCUT2D eigenvalue weighted by Crippen LogP contribution is 2.43. The van der Waals surface area contributed by atoms with Crippen LogP contribution in [0.1, 0.15) is 27.2 Å². The van der Waals surface area contributed by atoms with Gasteiger partial charge >= 0.3 is 0 Å². The lowest BCUT2D eigenvalue weighted by Crippen LogP contribution is -2.35. The second-order valence-corrected chi connectivity index (χ2v) is 3.77. The van der Waals surface area contributed by atoms with E-state index >= 15 is 0 Å². The van der Waals surface area contributed by atoms with E-state index < -0.39 is 0 Å². The molecule has 2 heteroatoms. The molecule has 0 aromatic rings. The van der Waals surface area contributed by atoms with Gasteiger partial charge in [0.1, 0.15) is 6.10 Å². The van der Waals surface area contributed by atoms with Crippen molar-refractivity contribution in [3.8, 4) is 0 Å². The van der Waals surface area contributed by atoms with Crippen LogP contribution >= 0.6 is 0 Å². The molecule has 0 bridgehead atoms. The summed E-state index contributed by atoms with van der Waals surface area (Å²) in [5, 5.41) is 0. The second kappa shape index (κ2) is 2.46. The van der Waals surface area contributed by atoms with Crippen molar-refractivity contribution in [3.63, 3.8) is 0 Å². The summed E-state index contributed by atoms with van der Waals surface area (Å²) in [6.45, 7) is 6.70. The summed E-state index contributed by atoms with van der Waals surface area (Å²) in [6.07, 6.45) is 2.09. The third-order valence-electron chi connectivity index (χ3n) is 3.13. The summed E-state index contributed by atoms with van der Waals surface area (Å²) < 4.78 is 11.0. The van der Waals surface area contributed by atoms with Crippen LogP contribution in [0, 0.1) is 11.8 Å². The molecule has 5 atom stereocenters. The lowest BCUT2D eigenvalue weighted by Gasteiger charge is -2.30. The van der Waals surface area contributed by atoms with Gasteiger partial charge in [-0.05, 0) is 18.3 Å². The third-order valence-corrected chi connectivity index (χ3v) is 3.13. The quantitative estimate of drug-likeness (QED) is 0.540. The summed E-state index contributed by atoms with van der Waals surface area (Å²) in [5.41, 5.74) is 0. The molecule has 0 saturated carbocycles. The molecule has 0 aliphatic carbocycles. The van der Waals surface area contributed by atoms with Crippen molar-refractivity contribution in [2.75, 3.05) is 0 Å². The number of ether oxygens (including phenoxy) is 2. The molecule has 2 nitrogen and oxygen atoms in total. The fourth-order valence-electron chi connectivity index (χ4n) is 1.99. The Morgan fingerprint density at radius 3 is 2.45 bits per heavy atom. The van der Waals surface area contributed by atoms with Crippen molar-refractivity contribution in [3.05, 3.63) is 0 Å². The van der Waals surface area contributed by atoms with Gasteiger partial charge in [0.25, 0.3) is 0 Å². The molecule has 0 spiro atoms. The fourth-order valence-corrected chi connectivity index (χ4v) is 1.99. The molecular formula is C9H16O2. The molecule has 2 rings (SSSR count). The molecule has 64 valence electrons. The summed E-state index contributed by atoms with van der Waals surface area (Å²) in [7, 11) is 0. The molecule has 2 saturated heterocycles. The topological polar surface area (TPSA) is 21.8 Å². The third kappa shape index (κ3) is 1.09. The summed E-state index contributed by atoms with van der Waals surface area (Å²) >= 11 is 0. The zero-order chi connectivity index (χ0) is 8.01. The maximum atomic E-state index is 5.67. The highest BCUT2D eigenvalue weighted by Gasteiger charge is 2.52. The molecule has 0 radical (unpaired) electrons. The average Bonchev–Trinajstić information content (AvgIpc) is 2.75.